The number of pyridine rings is 1. The maximum Gasteiger partial charge on any atom is 0.205 e. The third-order valence-electron chi connectivity index (χ3n) is 5.92. The average Bonchev–Trinajstić information content (AvgIpc) is 3.58. The highest BCUT2D eigenvalue weighted by atomic mass is 79.9. The molecule has 10 heteroatoms. The van der Waals surface area contributed by atoms with Gasteiger partial charge in [0.05, 0.1) is 19.1 Å². The van der Waals surface area contributed by atoms with Crippen molar-refractivity contribution >= 4 is 38.7 Å². The van der Waals surface area contributed by atoms with Crippen molar-refractivity contribution in [2.75, 3.05) is 0 Å². The number of halogens is 2. The van der Waals surface area contributed by atoms with Crippen LogP contribution in [-0.2, 0) is 13.0 Å². The number of H-pyrrole nitrogens is 1. The molecule has 0 atom stereocenters. The Balaban J connectivity index is 1.63. The topological polar surface area (TPSA) is 98.3 Å². The number of tetrazole rings is 1. The van der Waals surface area contributed by atoms with Crippen molar-refractivity contribution in [3.05, 3.63) is 76.0 Å². The lowest BCUT2D eigenvalue weighted by Gasteiger charge is -2.13. The molecule has 0 saturated carbocycles. The number of hydrogen-bond acceptors (Lipinski definition) is 6. The Bertz CT molecular complexity index is 1610. The van der Waals surface area contributed by atoms with E-state index >= 15 is 0 Å². The Morgan fingerprint density at radius 1 is 1.03 bits per heavy atom. The van der Waals surface area contributed by atoms with E-state index in [0.717, 1.165) is 61.3 Å². The molecule has 2 aliphatic rings. The minimum Gasteiger partial charge on any atom is -0.472 e. The fraction of sp³-hybridized carbons (Fsp3) is 0.125. The van der Waals surface area contributed by atoms with Crippen LogP contribution in [0.3, 0.4) is 0 Å². The van der Waals surface area contributed by atoms with Gasteiger partial charge in [-0.2, -0.15) is 5.21 Å². The Morgan fingerprint density at radius 2 is 1.88 bits per heavy atom. The van der Waals surface area contributed by atoms with E-state index in [2.05, 4.69) is 59.1 Å². The van der Waals surface area contributed by atoms with Crippen LogP contribution in [0.4, 0.5) is 0 Å². The molecule has 4 heterocycles. The fourth-order valence-electron chi connectivity index (χ4n) is 4.44. The van der Waals surface area contributed by atoms with Crippen LogP contribution in [0.15, 0.2) is 63.9 Å². The van der Waals surface area contributed by atoms with Crippen LogP contribution in [-0.4, -0.2) is 35.2 Å². The monoisotopic (exact) mass is 533 g/mol. The minimum atomic E-state index is 0.436. The van der Waals surface area contributed by atoms with Crippen molar-refractivity contribution in [2.24, 2.45) is 0 Å². The van der Waals surface area contributed by atoms with Gasteiger partial charge in [0.15, 0.2) is 5.65 Å². The summed E-state index contributed by atoms with van der Waals surface area (Å²) in [5.41, 5.74) is 7.61. The van der Waals surface area contributed by atoms with Crippen LogP contribution < -0.4 is 0 Å². The third-order valence-corrected chi connectivity index (χ3v) is 6.96. The third kappa shape index (κ3) is 3.31. The van der Waals surface area contributed by atoms with E-state index in [1.165, 1.54) is 0 Å². The number of fused-ring (bicyclic) bond motifs is 2. The van der Waals surface area contributed by atoms with Crippen LogP contribution in [0.25, 0.3) is 44.8 Å². The zero-order valence-electron chi connectivity index (χ0n) is 18.0. The number of aryl methyl sites for hydroxylation is 1. The van der Waals surface area contributed by atoms with Crippen molar-refractivity contribution < 1.29 is 4.42 Å². The molecule has 0 spiro atoms. The molecule has 1 aliphatic heterocycles. The number of imidazole rings is 1. The Kier molecular flexibility index (Phi) is 5.15. The summed E-state index contributed by atoms with van der Waals surface area (Å²) in [6.45, 7) is 2.64. The predicted molar refractivity (Wildman–Crippen MR) is 133 cm³/mol. The average molecular weight is 535 g/mol. The Morgan fingerprint density at radius 3 is 2.68 bits per heavy atom. The van der Waals surface area contributed by atoms with E-state index in [4.69, 9.17) is 21.0 Å². The molecule has 0 unspecified atom stereocenters. The van der Waals surface area contributed by atoms with Crippen LogP contribution >= 0.6 is 27.5 Å². The number of hydrogen-bond donors (Lipinski definition) is 1. The predicted octanol–water partition coefficient (Wildman–Crippen LogP) is 6.00. The number of aromatic amines is 1. The first-order valence-corrected chi connectivity index (χ1v) is 11.8. The Hall–Kier alpha value is -3.56. The first-order valence-electron chi connectivity index (χ1n) is 10.7. The second-order valence-electron chi connectivity index (χ2n) is 7.78. The zero-order chi connectivity index (χ0) is 23.2. The lowest BCUT2D eigenvalue weighted by Crippen LogP contribution is -2.06. The highest BCUT2D eigenvalue weighted by Gasteiger charge is 2.27. The smallest absolute Gasteiger partial charge is 0.205 e. The van der Waals surface area contributed by atoms with Crippen molar-refractivity contribution in [2.45, 2.75) is 19.9 Å². The van der Waals surface area contributed by atoms with Gasteiger partial charge in [-0.05, 0) is 56.0 Å². The van der Waals surface area contributed by atoms with E-state index in [9.17, 15) is 0 Å². The summed E-state index contributed by atoms with van der Waals surface area (Å²) in [7, 11) is 0. The molecule has 0 bridgehead atoms. The van der Waals surface area contributed by atoms with Crippen molar-refractivity contribution in [1.82, 2.24) is 35.2 Å². The first-order chi connectivity index (χ1) is 16.7. The van der Waals surface area contributed by atoms with E-state index in [1.54, 1.807) is 18.6 Å². The van der Waals surface area contributed by atoms with Gasteiger partial charge in [-0.15, -0.1) is 10.2 Å². The standard InChI is InChI=1S/C24H17BrClN7O/c1-2-20-27-18-7-8-19(26)28-24(18)33(20)11-16-13-9-10-34-12-17(13)22(25)21(16)14-5-3-4-6-15(14)23-29-31-32-30-23/h3-10,12H,2,11H2,1H3,(H,29,30,31,32). The van der Waals surface area contributed by atoms with Gasteiger partial charge < -0.3 is 8.98 Å². The number of benzene rings is 1. The van der Waals surface area contributed by atoms with Gasteiger partial charge in [0, 0.05) is 27.6 Å². The number of nitrogens with zero attached hydrogens (tertiary/aromatic N) is 6. The molecule has 1 N–H and O–H groups in total. The molecular weight excluding hydrogens is 518 g/mol. The largest absolute Gasteiger partial charge is 0.472 e. The van der Waals surface area contributed by atoms with Crippen molar-refractivity contribution in [1.29, 1.82) is 0 Å². The summed E-state index contributed by atoms with van der Waals surface area (Å²) in [6.07, 6.45) is 4.21. The molecule has 0 fully saturated rings. The van der Waals surface area contributed by atoms with Gasteiger partial charge >= 0.3 is 0 Å². The maximum absolute atomic E-state index is 6.26. The van der Waals surface area contributed by atoms with Crippen LogP contribution in [0.5, 0.6) is 0 Å². The molecule has 34 heavy (non-hydrogen) atoms. The van der Waals surface area contributed by atoms with Crippen LogP contribution in [0.1, 0.15) is 18.3 Å². The summed E-state index contributed by atoms with van der Waals surface area (Å²) in [4.78, 5) is 9.39. The number of aromatic nitrogens is 7. The lowest BCUT2D eigenvalue weighted by atomic mass is 9.97. The molecule has 1 aromatic carbocycles. The van der Waals surface area contributed by atoms with Gasteiger partial charge in [-0.3, -0.25) is 0 Å². The molecule has 0 saturated heterocycles. The number of nitrogens with one attached hydrogen (secondary N) is 1. The molecule has 1 aliphatic carbocycles. The molecule has 0 radical (unpaired) electrons. The second-order valence-corrected chi connectivity index (χ2v) is 8.96. The van der Waals surface area contributed by atoms with Crippen molar-refractivity contribution in [3.8, 4) is 33.6 Å². The highest BCUT2D eigenvalue weighted by molar-refractivity contribution is 9.10. The highest BCUT2D eigenvalue weighted by Crippen LogP contribution is 2.48. The zero-order valence-corrected chi connectivity index (χ0v) is 20.3. The molecule has 8 nitrogen and oxygen atoms in total. The molecular formula is C24H17BrClN7O. The van der Waals surface area contributed by atoms with Gasteiger partial charge in [0.2, 0.25) is 5.82 Å². The summed E-state index contributed by atoms with van der Waals surface area (Å²) in [5, 5.41) is 15.2. The summed E-state index contributed by atoms with van der Waals surface area (Å²) in [5.74, 6) is 1.47. The van der Waals surface area contributed by atoms with Crippen LogP contribution in [0.2, 0.25) is 5.15 Å². The van der Waals surface area contributed by atoms with Crippen LogP contribution in [0, 0.1) is 0 Å². The minimum absolute atomic E-state index is 0.436. The lowest BCUT2D eigenvalue weighted by molar-refractivity contribution is 0.551. The molecule has 0 amide bonds. The quantitative estimate of drug-likeness (QED) is 0.272. The summed E-state index contributed by atoms with van der Waals surface area (Å²) in [6, 6.07) is 13.7. The van der Waals surface area contributed by atoms with Gasteiger partial charge in [-0.25, -0.2) is 9.97 Å². The maximum atomic E-state index is 6.26. The summed E-state index contributed by atoms with van der Waals surface area (Å²) >= 11 is 10.1. The van der Waals surface area contributed by atoms with Gasteiger partial charge in [-0.1, -0.05) is 42.8 Å². The SMILES string of the molecule is CCc1nc2ccc(Cl)nc2n1Cc1c2ccocc-2c(Br)c1-c1ccccc1-c1nn[nH]n1. The van der Waals surface area contributed by atoms with E-state index in [0.29, 0.717) is 17.5 Å². The first kappa shape index (κ1) is 21.0. The molecule has 3 aromatic heterocycles. The fourth-order valence-corrected chi connectivity index (χ4v) is 5.34. The molecule has 4 aromatic rings. The summed E-state index contributed by atoms with van der Waals surface area (Å²) < 4.78 is 8.59. The van der Waals surface area contributed by atoms with Gasteiger partial charge in [0.1, 0.15) is 16.5 Å². The normalized spacial score (nSPS) is 11.6. The Labute approximate surface area is 207 Å². The van der Waals surface area contributed by atoms with Crippen molar-refractivity contribution in [3.63, 3.8) is 0 Å². The van der Waals surface area contributed by atoms with E-state index in [1.807, 2.05) is 30.3 Å². The van der Waals surface area contributed by atoms with Gasteiger partial charge in [0.25, 0.3) is 0 Å². The van der Waals surface area contributed by atoms with E-state index in [-0.39, 0.29) is 0 Å². The molecule has 168 valence electrons. The second kappa shape index (κ2) is 8.34. The van der Waals surface area contributed by atoms with E-state index < -0.39 is 0 Å². The molecule has 6 rings (SSSR count). The number of rotatable bonds is 5.